The number of rotatable bonds is 0. The molecular weight excluding hydrogens is 152 g/mol. The second kappa shape index (κ2) is 2.12. The normalized spacial score (nSPS) is 38.2. The van der Waals surface area contributed by atoms with Crippen LogP contribution in [0.2, 0.25) is 0 Å². The highest BCUT2D eigenvalue weighted by atomic mass is 16.6. The van der Waals surface area contributed by atoms with Crippen LogP contribution in [0.1, 0.15) is 26.7 Å². The fraction of sp³-hybridized carbons (Fsp3) is 0.700. The Morgan fingerprint density at radius 2 is 2.25 bits per heavy atom. The van der Waals surface area contributed by atoms with Gasteiger partial charge in [-0.1, -0.05) is 20.4 Å². The van der Waals surface area contributed by atoms with E-state index in [9.17, 15) is 4.79 Å². The molecule has 1 heterocycles. The molecule has 12 heavy (non-hydrogen) atoms. The topological polar surface area (TPSA) is 26.3 Å². The molecule has 0 spiro atoms. The van der Waals surface area contributed by atoms with Crippen LogP contribution in [0.25, 0.3) is 0 Å². The number of ether oxygens (including phenoxy) is 1. The summed E-state index contributed by atoms with van der Waals surface area (Å²) in [6.07, 6.45) is 1.84. The van der Waals surface area contributed by atoms with Crippen molar-refractivity contribution in [2.24, 2.45) is 11.3 Å². The Morgan fingerprint density at radius 1 is 1.58 bits per heavy atom. The molecule has 1 saturated carbocycles. The SMILES string of the molecule is C=C1CC[C@H]2C(=O)O[C@@H]1C2(C)C. The van der Waals surface area contributed by atoms with Crippen molar-refractivity contribution in [2.75, 3.05) is 0 Å². The maximum absolute atomic E-state index is 11.4. The van der Waals surface area contributed by atoms with E-state index in [4.69, 9.17) is 4.74 Å². The molecule has 2 rings (SSSR count). The van der Waals surface area contributed by atoms with Gasteiger partial charge in [0.2, 0.25) is 0 Å². The molecule has 2 nitrogen and oxygen atoms in total. The highest BCUT2D eigenvalue weighted by molar-refractivity contribution is 5.77. The number of carbonyl (C=O) groups excluding carboxylic acids is 1. The van der Waals surface area contributed by atoms with Gasteiger partial charge in [-0.15, -0.1) is 0 Å². The van der Waals surface area contributed by atoms with E-state index in [-0.39, 0.29) is 23.4 Å². The van der Waals surface area contributed by atoms with Crippen LogP contribution < -0.4 is 0 Å². The summed E-state index contributed by atoms with van der Waals surface area (Å²) in [5, 5.41) is 0. The van der Waals surface area contributed by atoms with Crippen molar-refractivity contribution in [3.8, 4) is 0 Å². The third kappa shape index (κ3) is 0.780. The van der Waals surface area contributed by atoms with Crippen LogP contribution in [0.15, 0.2) is 12.2 Å². The van der Waals surface area contributed by atoms with Crippen LogP contribution in [0.5, 0.6) is 0 Å². The second-order valence-electron chi connectivity index (χ2n) is 4.39. The Morgan fingerprint density at radius 3 is 2.83 bits per heavy atom. The molecular formula is C10H14O2. The Kier molecular flexibility index (Phi) is 1.39. The molecule has 2 atom stereocenters. The molecule has 0 unspecified atom stereocenters. The molecule has 1 aliphatic heterocycles. The van der Waals surface area contributed by atoms with E-state index in [1.807, 2.05) is 0 Å². The first-order valence-corrected chi connectivity index (χ1v) is 4.41. The van der Waals surface area contributed by atoms with Gasteiger partial charge in [-0.3, -0.25) is 4.79 Å². The molecule has 0 radical (unpaired) electrons. The lowest BCUT2D eigenvalue weighted by Crippen LogP contribution is -2.35. The van der Waals surface area contributed by atoms with Gasteiger partial charge in [0.25, 0.3) is 0 Å². The van der Waals surface area contributed by atoms with Crippen LogP contribution in [-0.4, -0.2) is 12.1 Å². The van der Waals surface area contributed by atoms with Gasteiger partial charge in [-0.25, -0.2) is 0 Å². The highest BCUT2D eigenvalue weighted by Gasteiger charge is 2.54. The quantitative estimate of drug-likeness (QED) is 0.406. The van der Waals surface area contributed by atoms with E-state index in [2.05, 4.69) is 20.4 Å². The maximum atomic E-state index is 11.4. The Bertz CT molecular complexity index is 251. The van der Waals surface area contributed by atoms with Crippen molar-refractivity contribution in [3.05, 3.63) is 12.2 Å². The first kappa shape index (κ1) is 7.84. The van der Waals surface area contributed by atoms with E-state index >= 15 is 0 Å². The standard InChI is InChI=1S/C10H14O2/c1-6-4-5-7-9(11)12-8(6)10(7,2)3/h7-8H,1,4-5H2,2-3H3/t7-,8-/m0/s1. The lowest BCUT2D eigenvalue weighted by atomic mass is 9.68. The molecule has 2 bridgehead atoms. The predicted molar refractivity (Wildman–Crippen MR) is 45.5 cm³/mol. The fourth-order valence-electron chi connectivity index (χ4n) is 2.40. The Hall–Kier alpha value is -0.790. The molecule has 2 fully saturated rings. The molecule has 0 amide bonds. The molecule has 0 N–H and O–H groups in total. The number of hydrogen-bond acceptors (Lipinski definition) is 2. The van der Waals surface area contributed by atoms with Crippen LogP contribution in [0, 0.1) is 11.3 Å². The average Bonchev–Trinajstić information content (AvgIpc) is 2.14. The number of carbonyl (C=O) groups is 1. The van der Waals surface area contributed by atoms with Crippen LogP contribution in [0.4, 0.5) is 0 Å². The Labute approximate surface area is 72.6 Å². The smallest absolute Gasteiger partial charge is 0.310 e. The van der Waals surface area contributed by atoms with Gasteiger partial charge in [0.05, 0.1) is 5.92 Å². The molecule has 1 aliphatic carbocycles. The summed E-state index contributed by atoms with van der Waals surface area (Å²) in [6.45, 7) is 8.14. The average molecular weight is 166 g/mol. The number of esters is 1. The van der Waals surface area contributed by atoms with Crippen molar-refractivity contribution in [2.45, 2.75) is 32.8 Å². The van der Waals surface area contributed by atoms with Crippen molar-refractivity contribution in [1.29, 1.82) is 0 Å². The van der Waals surface area contributed by atoms with Crippen LogP contribution >= 0.6 is 0 Å². The van der Waals surface area contributed by atoms with Crippen molar-refractivity contribution < 1.29 is 9.53 Å². The molecule has 2 aliphatic rings. The zero-order chi connectivity index (χ0) is 8.93. The van der Waals surface area contributed by atoms with Gasteiger partial charge < -0.3 is 4.74 Å². The molecule has 0 aromatic carbocycles. The zero-order valence-corrected chi connectivity index (χ0v) is 7.59. The van der Waals surface area contributed by atoms with E-state index in [1.54, 1.807) is 0 Å². The maximum Gasteiger partial charge on any atom is 0.310 e. The lowest BCUT2D eigenvalue weighted by molar-refractivity contribution is -0.142. The zero-order valence-electron chi connectivity index (χ0n) is 7.59. The van der Waals surface area contributed by atoms with Crippen molar-refractivity contribution in [1.82, 2.24) is 0 Å². The largest absolute Gasteiger partial charge is 0.457 e. The van der Waals surface area contributed by atoms with Crippen LogP contribution in [0.3, 0.4) is 0 Å². The second-order valence-corrected chi connectivity index (χ2v) is 4.39. The number of fused-ring (bicyclic) bond motifs is 2. The van der Waals surface area contributed by atoms with E-state index in [0.717, 1.165) is 18.4 Å². The third-order valence-corrected chi connectivity index (χ3v) is 3.22. The van der Waals surface area contributed by atoms with E-state index in [0.29, 0.717) is 0 Å². The van der Waals surface area contributed by atoms with Gasteiger partial charge >= 0.3 is 5.97 Å². The number of hydrogen-bond donors (Lipinski definition) is 0. The first-order valence-electron chi connectivity index (χ1n) is 4.41. The van der Waals surface area contributed by atoms with E-state index < -0.39 is 0 Å². The Balaban J connectivity index is 2.40. The lowest BCUT2D eigenvalue weighted by Gasteiger charge is -2.34. The summed E-state index contributed by atoms with van der Waals surface area (Å²) in [5.74, 6) is 0.0802. The summed E-state index contributed by atoms with van der Waals surface area (Å²) >= 11 is 0. The van der Waals surface area contributed by atoms with Crippen molar-refractivity contribution >= 4 is 5.97 Å². The minimum atomic E-state index is -0.0244. The summed E-state index contributed by atoms with van der Waals surface area (Å²) in [7, 11) is 0. The van der Waals surface area contributed by atoms with Gasteiger partial charge in [0, 0.05) is 5.41 Å². The fourth-order valence-corrected chi connectivity index (χ4v) is 2.40. The molecule has 0 aromatic heterocycles. The van der Waals surface area contributed by atoms with Gasteiger partial charge in [-0.2, -0.15) is 0 Å². The van der Waals surface area contributed by atoms with Crippen LogP contribution in [-0.2, 0) is 9.53 Å². The van der Waals surface area contributed by atoms with Gasteiger partial charge in [0.15, 0.2) is 0 Å². The summed E-state index contributed by atoms with van der Waals surface area (Å²) in [6, 6.07) is 0. The summed E-state index contributed by atoms with van der Waals surface area (Å²) < 4.78 is 5.27. The molecule has 0 aromatic rings. The minimum Gasteiger partial charge on any atom is -0.457 e. The van der Waals surface area contributed by atoms with Crippen molar-refractivity contribution in [3.63, 3.8) is 0 Å². The first-order chi connectivity index (χ1) is 5.53. The predicted octanol–water partition coefficient (Wildman–Crippen LogP) is 1.90. The highest BCUT2D eigenvalue weighted by Crippen LogP contribution is 2.50. The summed E-state index contributed by atoms with van der Waals surface area (Å²) in [4.78, 5) is 11.4. The summed E-state index contributed by atoms with van der Waals surface area (Å²) in [5.41, 5.74) is 1.06. The van der Waals surface area contributed by atoms with Gasteiger partial charge in [0.1, 0.15) is 6.10 Å². The molecule has 1 saturated heterocycles. The monoisotopic (exact) mass is 166 g/mol. The van der Waals surface area contributed by atoms with Gasteiger partial charge in [-0.05, 0) is 18.4 Å². The van der Waals surface area contributed by atoms with E-state index in [1.165, 1.54) is 0 Å². The minimum absolute atomic E-state index is 0.0214. The third-order valence-electron chi connectivity index (χ3n) is 3.22. The molecule has 66 valence electrons. The molecule has 2 heteroatoms.